The van der Waals surface area contributed by atoms with Crippen molar-refractivity contribution in [2.24, 2.45) is 7.05 Å². The van der Waals surface area contributed by atoms with Crippen LogP contribution in [-0.4, -0.2) is 27.6 Å². The second kappa shape index (κ2) is 4.75. The number of nitrogens with one attached hydrogen (secondary N) is 1. The molecule has 1 aliphatic rings. The molecule has 0 amide bonds. The number of hydrogen-bond acceptors (Lipinski definition) is 4. The zero-order valence-corrected chi connectivity index (χ0v) is 11.1. The summed E-state index contributed by atoms with van der Waals surface area (Å²) in [6, 6.07) is 1.27. The van der Waals surface area contributed by atoms with Crippen molar-refractivity contribution in [1.82, 2.24) is 14.3 Å². The normalized spacial score (nSPS) is 16.6. The second-order valence-corrected chi connectivity index (χ2v) is 4.99. The van der Waals surface area contributed by atoms with Gasteiger partial charge in [0.2, 0.25) is 0 Å². The van der Waals surface area contributed by atoms with Crippen molar-refractivity contribution in [1.29, 1.82) is 0 Å². The van der Waals surface area contributed by atoms with Crippen LogP contribution in [0.1, 0.15) is 18.9 Å². The van der Waals surface area contributed by atoms with E-state index in [1.807, 2.05) is 0 Å². The first kappa shape index (κ1) is 12.9. The first-order valence-electron chi connectivity index (χ1n) is 6.51. The fourth-order valence-corrected chi connectivity index (χ4v) is 2.60. The summed E-state index contributed by atoms with van der Waals surface area (Å²) in [4.78, 5) is 36.1. The lowest BCUT2D eigenvalue weighted by atomic mass is 10.1. The summed E-state index contributed by atoms with van der Waals surface area (Å²) in [5.74, 6) is 0. The van der Waals surface area contributed by atoms with Crippen LogP contribution in [0.3, 0.4) is 0 Å². The zero-order valence-electron chi connectivity index (χ0n) is 11.1. The fourth-order valence-electron chi connectivity index (χ4n) is 2.60. The van der Waals surface area contributed by atoms with Crippen molar-refractivity contribution in [2.75, 3.05) is 13.2 Å². The molecule has 3 rings (SSSR count). The number of nitrogens with zero attached hydrogens (tertiary/aromatic N) is 2. The largest absolute Gasteiger partial charge is 0.381 e. The van der Waals surface area contributed by atoms with Gasteiger partial charge < -0.3 is 9.30 Å². The van der Waals surface area contributed by atoms with E-state index in [9.17, 15) is 14.4 Å². The Balaban J connectivity index is 2.26. The highest BCUT2D eigenvalue weighted by atomic mass is 16.5. The molecule has 1 fully saturated rings. The average molecular weight is 277 g/mol. The molecule has 0 saturated carbocycles. The summed E-state index contributed by atoms with van der Waals surface area (Å²) in [6.45, 7) is 1.20. The van der Waals surface area contributed by atoms with Gasteiger partial charge in [-0.1, -0.05) is 0 Å². The maximum Gasteiger partial charge on any atom is 0.273 e. The highest BCUT2D eigenvalue weighted by Crippen LogP contribution is 2.19. The number of pyridine rings is 1. The first-order valence-corrected chi connectivity index (χ1v) is 6.51. The fraction of sp³-hybridized carbons (Fsp3) is 0.462. The van der Waals surface area contributed by atoms with Crippen molar-refractivity contribution < 1.29 is 4.74 Å². The molecule has 0 radical (unpaired) electrons. The van der Waals surface area contributed by atoms with Gasteiger partial charge in [0.1, 0.15) is 0 Å². The molecule has 2 aromatic rings. The second-order valence-electron chi connectivity index (χ2n) is 4.99. The van der Waals surface area contributed by atoms with Crippen LogP contribution < -0.4 is 16.7 Å². The van der Waals surface area contributed by atoms with E-state index in [0.29, 0.717) is 13.2 Å². The number of aromatic amines is 1. The van der Waals surface area contributed by atoms with Gasteiger partial charge in [-0.15, -0.1) is 0 Å². The third-order valence-electron chi connectivity index (χ3n) is 3.71. The minimum Gasteiger partial charge on any atom is -0.381 e. The molecule has 20 heavy (non-hydrogen) atoms. The van der Waals surface area contributed by atoms with Crippen molar-refractivity contribution in [2.45, 2.75) is 18.9 Å². The van der Waals surface area contributed by atoms with Crippen LogP contribution in [0.15, 0.2) is 26.6 Å². The maximum absolute atomic E-state index is 12.2. The first-order chi connectivity index (χ1) is 9.58. The van der Waals surface area contributed by atoms with E-state index in [0.717, 1.165) is 17.5 Å². The van der Waals surface area contributed by atoms with Gasteiger partial charge in [-0.3, -0.25) is 24.2 Å². The highest BCUT2D eigenvalue weighted by Gasteiger charge is 2.18. The number of aryl methyl sites for hydroxylation is 1. The van der Waals surface area contributed by atoms with E-state index in [-0.39, 0.29) is 33.5 Å². The topological polar surface area (TPSA) is 86.1 Å². The van der Waals surface area contributed by atoms with Gasteiger partial charge >= 0.3 is 0 Å². The van der Waals surface area contributed by atoms with Crippen LogP contribution in [0.2, 0.25) is 0 Å². The van der Waals surface area contributed by atoms with Gasteiger partial charge in [-0.2, -0.15) is 0 Å². The Morgan fingerprint density at radius 1 is 1.20 bits per heavy atom. The van der Waals surface area contributed by atoms with Crippen LogP contribution >= 0.6 is 0 Å². The predicted octanol–water partition coefficient (Wildman–Crippen LogP) is -0.260. The Kier molecular flexibility index (Phi) is 3.06. The van der Waals surface area contributed by atoms with Crippen LogP contribution in [0, 0.1) is 0 Å². The van der Waals surface area contributed by atoms with Crippen LogP contribution in [-0.2, 0) is 11.8 Å². The SMILES string of the molecule is Cn1[nH]c(=O)c2cn(C3CCOCC3)c(=O)cc2c1=O. The number of rotatable bonds is 1. The molecule has 3 heterocycles. The molecule has 0 bridgehead atoms. The van der Waals surface area contributed by atoms with Gasteiger partial charge in [0.15, 0.2) is 0 Å². The van der Waals surface area contributed by atoms with E-state index in [1.54, 1.807) is 4.57 Å². The van der Waals surface area contributed by atoms with Gasteiger partial charge in [0.25, 0.3) is 16.7 Å². The molecule has 0 atom stereocenters. The van der Waals surface area contributed by atoms with E-state index < -0.39 is 0 Å². The standard InChI is InChI=1S/C13H15N3O4/c1-15-13(19)9-6-11(17)16(7-10(9)12(18)14-15)8-2-4-20-5-3-8/h6-8H,2-5H2,1H3,(H,14,18). The van der Waals surface area contributed by atoms with Gasteiger partial charge in [-0.05, 0) is 12.8 Å². The maximum atomic E-state index is 12.2. The summed E-state index contributed by atoms with van der Waals surface area (Å²) in [7, 11) is 1.45. The monoisotopic (exact) mass is 277 g/mol. The van der Waals surface area contributed by atoms with Crippen molar-refractivity contribution in [3.05, 3.63) is 43.3 Å². The number of aromatic nitrogens is 3. The van der Waals surface area contributed by atoms with Crippen molar-refractivity contribution in [3.63, 3.8) is 0 Å². The lowest BCUT2D eigenvalue weighted by Crippen LogP contribution is -2.33. The molecular formula is C13H15N3O4. The van der Waals surface area contributed by atoms with Gasteiger partial charge in [-0.25, -0.2) is 0 Å². The molecule has 0 aliphatic carbocycles. The Morgan fingerprint density at radius 3 is 2.60 bits per heavy atom. The Bertz CT molecular complexity index is 824. The lowest BCUT2D eigenvalue weighted by Gasteiger charge is -2.24. The van der Waals surface area contributed by atoms with Gasteiger partial charge in [0, 0.05) is 38.6 Å². The van der Waals surface area contributed by atoms with E-state index in [1.165, 1.54) is 19.3 Å². The molecule has 106 valence electrons. The third kappa shape index (κ3) is 2.00. The quantitative estimate of drug-likeness (QED) is 0.778. The molecule has 1 N–H and O–H groups in total. The Hall–Kier alpha value is -2.15. The summed E-state index contributed by atoms with van der Waals surface area (Å²) in [6.07, 6.45) is 2.95. The molecule has 7 heteroatoms. The molecule has 0 aromatic carbocycles. The highest BCUT2D eigenvalue weighted by molar-refractivity contribution is 5.79. The molecule has 2 aromatic heterocycles. The summed E-state index contributed by atoms with van der Waals surface area (Å²) in [5, 5.41) is 2.85. The van der Waals surface area contributed by atoms with E-state index in [4.69, 9.17) is 4.74 Å². The number of hydrogen-bond donors (Lipinski definition) is 1. The lowest BCUT2D eigenvalue weighted by molar-refractivity contribution is 0.0687. The smallest absolute Gasteiger partial charge is 0.273 e. The number of fused-ring (bicyclic) bond motifs is 1. The Morgan fingerprint density at radius 2 is 1.90 bits per heavy atom. The average Bonchev–Trinajstić information content (AvgIpc) is 2.45. The minimum atomic E-state index is -0.379. The van der Waals surface area contributed by atoms with Crippen LogP contribution in [0.25, 0.3) is 10.8 Å². The minimum absolute atomic E-state index is 0.0177. The zero-order chi connectivity index (χ0) is 14.3. The summed E-state index contributed by atoms with van der Waals surface area (Å²) < 4.78 is 7.90. The molecule has 0 spiro atoms. The summed E-state index contributed by atoms with van der Waals surface area (Å²) in [5.41, 5.74) is -1.01. The molecule has 1 saturated heterocycles. The Labute approximate surface area is 113 Å². The molecule has 7 nitrogen and oxygen atoms in total. The van der Waals surface area contributed by atoms with Gasteiger partial charge in [0.05, 0.1) is 10.8 Å². The van der Waals surface area contributed by atoms with E-state index in [2.05, 4.69) is 5.10 Å². The molecule has 0 unspecified atom stereocenters. The van der Waals surface area contributed by atoms with Crippen LogP contribution in [0.5, 0.6) is 0 Å². The van der Waals surface area contributed by atoms with Crippen molar-refractivity contribution in [3.8, 4) is 0 Å². The predicted molar refractivity (Wildman–Crippen MR) is 73.2 cm³/mol. The molecular weight excluding hydrogens is 262 g/mol. The van der Waals surface area contributed by atoms with Crippen LogP contribution in [0.4, 0.5) is 0 Å². The third-order valence-corrected chi connectivity index (χ3v) is 3.71. The molecule has 1 aliphatic heterocycles. The van der Waals surface area contributed by atoms with Crippen molar-refractivity contribution >= 4 is 10.8 Å². The number of H-pyrrole nitrogens is 1. The van der Waals surface area contributed by atoms with E-state index >= 15 is 0 Å². The summed E-state index contributed by atoms with van der Waals surface area (Å²) >= 11 is 0. The number of ether oxygens (including phenoxy) is 1.